The lowest BCUT2D eigenvalue weighted by atomic mass is 9.95. The molecular weight excluding hydrogens is 503 g/mol. The van der Waals surface area contributed by atoms with Gasteiger partial charge in [-0.25, -0.2) is 9.59 Å². The van der Waals surface area contributed by atoms with Crippen LogP contribution in [-0.2, 0) is 11.2 Å². The zero-order valence-corrected chi connectivity index (χ0v) is 20.8. The minimum atomic E-state index is -4.31. The number of hydrogen-bond acceptors (Lipinski definition) is 8. The van der Waals surface area contributed by atoms with Gasteiger partial charge in [0.1, 0.15) is 17.1 Å². The molecule has 0 bridgehead atoms. The molecule has 2 N–H and O–H groups in total. The number of carbonyl (C=O) groups is 2. The maximum absolute atomic E-state index is 12.9. The number of nitrogens with one attached hydrogen (secondary N) is 1. The van der Waals surface area contributed by atoms with Crippen LogP contribution in [0.2, 0.25) is 0 Å². The summed E-state index contributed by atoms with van der Waals surface area (Å²) in [6, 6.07) is 4.41. The fraction of sp³-hybridized carbons (Fsp3) is 0.458. The van der Waals surface area contributed by atoms with Crippen LogP contribution in [0.3, 0.4) is 0 Å². The zero-order chi connectivity index (χ0) is 26.9. The summed E-state index contributed by atoms with van der Waals surface area (Å²) in [6.45, 7) is 2.86. The van der Waals surface area contributed by atoms with Gasteiger partial charge in [0.2, 0.25) is 0 Å². The molecule has 2 rings (SSSR count). The van der Waals surface area contributed by atoms with Gasteiger partial charge in [-0.3, -0.25) is 10.1 Å². The maximum Gasteiger partial charge on any atom is 0.410 e. The largest absolute Gasteiger partial charge is 0.507 e. The molecule has 0 fully saturated rings. The SMILES string of the molecule is COC(=O)N/C=C/CCC(C)c1cc(O)c(C(=O)C(C)Cc2ccc(OCCC(F)(F)F)s2)c(=O)o1. The third-order valence-electron chi connectivity index (χ3n) is 5.17. The Hall–Kier alpha value is -3.28. The molecule has 1 amide bonds. The first kappa shape index (κ1) is 29.0. The van der Waals surface area contributed by atoms with Crippen molar-refractivity contribution in [2.45, 2.75) is 51.6 Å². The van der Waals surface area contributed by atoms with E-state index in [1.54, 1.807) is 26.0 Å². The van der Waals surface area contributed by atoms with Gasteiger partial charge >= 0.3 is 17.9 Å². The molecule has 0 radical (unpaired) electrons. The summed E-state index contributed by atoms with van der Waals surface area (Å²) in [5.74, 6) is -1.82. The molecule has 0 saturated heterocycles. The van der Waals surface area contributed by atoms with Crippen LogP contribution in [-0.4, -0.2) is 36.9 Å². The highest BCUT2D eigenvalue weighted by Gasteiger charge is 2.27. The summed E-state index contributed by atoms with van der Waals surface area (Å²) in [6.07, 6.45) is -1.57. The molecule has 0 aliphatic rings. The molecule has 2 aromatic rings. The number of methoxy groups -OCH3 is 1. The van der Waals surface area contributed by atoms with Gasteiger partial charge in [-0.05, 0) is 31.4 Å². The van der Waals surface area contributed by atoms with Crippen molar-refractivity contribution >= 4 is 23.2 Å². The highest BCUT2D eigenvalue weighted by atomic mass is 32.1. The molecule has 8 nitrogen and oxygen atoms in total. The molecule has 0 aliphatic heterocycles. The Labute approximate surface area is 209 Å². The van der Waals surface area contributed by atoms with E-state index >= 15 is 0 Å². The van der Waals surface area contributed by atoms with Crippen molar-refractivity contribution in [3.05, 3.63) is 57.1 Å². The second-order valence-electron chi connectivity index (χ2n) is 8.12. The van der Waals surface area contributed by atoms with Gasteiger partial charge in [0.25, 0.3) is 0 Å². The molecule has 198 valence electrons. The molecule has 12 heteroatoms. The first-order valence-electron chi connectivity index (χ1n) is 11.1. The monoisotopic (exact) mass is 531 g/mol. The van der Waals surface area contributed by atoms with Crippen LogP contribution in [0.4, 0.5) is 18.0 Å². The average Bonchev–Trinajstić information content (AvgIpc) is 3.23. The summed E-state index contributed by atoms with van der Waals surface area (Å²) >= 11 is 1.11. The van der Waals surface area contributed by atoms with Gasteiger partial charge < -0.3 is 19.0 Å². The van der Waals surface area contributed by atoms with Crippen molar-refractivity contribution in [3.63, 3.8) is 0 Å². The van der Waals surface area contributed by atoms with E-state index in [-0.39, 0.29) is 18.1 Å². The maximum atomic E-state index is 12.9. The van der Waals surface area contributed by atoms with Gasteiger partial charge in [0, 0.05) is 29.0 Å². The predicted molar refractivity (Wildman–Crippen MR) is 127 cm³/mol. The smallest absolute Gasteiger partial charge is 0.410 e. The number of alkyl halides is 3. The number of halogens is 3. The second-order valence-corrected chi connectivity index (χ2v) is 9.25. The molecule has 2 heterocycles. The zero-order valence-electron chi connectivity index (χ0n) is 20.0. The molecule has 36 heavy (non-hydrogen) atoms. The molecule has 0 aromatic carbocycles. The fourth-order valence-corrected chi connectivity index (χ4v) is 4.19. The van der Waals surface area contributed by atoms with Crippen LogP contribution in [0, 0.1) is 5.92 Å². The Morgan fingerprint density at radius 2 is 2.00 bits per heavy atom. The normalized spacial score (nSPS) is 13.4. The molecule has 2 aromatic heterocycles. The number of Topliss-reactive ketones (excluding diaryl/α,β-unsaturated/α-hetero) is 1. The number of allylic oxidation sites excluding steroid dienone is 1. The van der Waals surface area contributed by atoms with Gasteiger partial charge in [-0.2, -0.15) is 13.2 Å². The summed E-state index contributed by atoms with van der Waals surface area (Å²) in [5, 5.41) is 13.1. The number of amides is 1. The number of thiophene rings is 1. The lowest BCUT2D eigenvalue weighted by Gasteiger charge is -2.13. The van der Waals surface area contributed by atoms with Gasteiger partial charge in [0.05, 0.1) is 20.1 Å². The Balaban J connectivity index is 1.98. The Morgan fingerprint density at radius 3 is 2.64 bits per heavy atom. The van der Waals surface area contributed by atoms with Crippen LogP contribution in [0.1, 0.15) is 60.0 Å². The lowest BCUT2D eigenvalue weighted by molar-refractivity contribution is -0.139. The van der Waals surface area contributed by atoms with Crippen molar-refractivity contribution in [2.75, 3.05) is 13.7 Å². The first-order valence-corrected chi connectivity index (χ1v) is 11.9. The summed E-state index contributed by atoms with van der Waals surface area (Å²) < 4.78 is 51.6. The molecule has 2 unspecified atom stereocenters. The summed E-state index contributed by atoms with van der Waals surface area (Å²) in [7, 11) is 1.24. The fourth-order valence-electron chi connectivity index (χ4n) is 3.18. The van der Waals surface area contributed by atoms with E-state index in [4.69, 9.17) is 9.15 Å². The van der Waals surface area contributed by atoms with Crippen LogP contribution < -0.4 is 15.7 Å². The lowest BCUT2D eigenvalue weighted by Crippen LogP contribution is -2.22. The molecule has 0 spiro atoms. The quantitative estimate of drug-likeness (QED) is 0.345. The van der Waals surface area contributed by atoms with Gasteiger partial charge in [0.15, 0.2) is 10.8 Å². The topological polar surface area (TPSA) is 115 Å². The molecular formula is C24H28F3NO7S. The van der Waals surface area contributed by atoms with Crippen LogP contribution in [0.15, 0.2) is 39.7 Å². The van der Waals surface area contributed by atoms with E-state index < -0.39 is 53.9 Å². The number of carbonyl (C=O) groups excluding carboxylic acids is 2. The summed E-state index contributed by atoms with van der Waals surface area (Å²) in [4.78, 5) is 37.0. The minimum absolute atomic E-state index is 0.203. The van der Waals surface area contributed by atoms with Crippen LogP contribution >= 0.6 is 11.3 Å². The number of rotatable bonds is 12. The summed E-state index contributed by atoms with van der Waals surface area (Å²) in [5.41, 5.74) is -1.39. The number of ketones is 1. The van der Waals surface area contributed by atoms with Crippen molar-refractivity contribution in [1.29, 1.82) is 0 Å². The Bertz CT molecular complexity index is 1120. The van der Waals surface area contributed by atoms with E-state index in [1.165, 1.54) is 25.4 Å². The number of ether oxygens (including phenoxy) is 2. The van der Waals surface area contributed by atoms with Crippen LogP contribution in [0.25, 0.3) is 0 Å². The van der Waals surface area contributed by atoms with E-state index in [9.17, 15) is 32.7 Å². The van der Waals surface area contributed by atoms with Crippen molar-refractivity contribution in [1.82, 2.24) is 5.32 Å². The third kappa shape index (κ3) is 9.06. The number of alkyl carbamates (subject to hydrolysis) is 1. The molecule has 0 aliphatic carbocycles. The van der Waals surface area contributed by atoms with E-state index in [0.29, 0.717) is 22.8 Å². The minimum Gasteiger partial charge on any atom is -0.507 e. The van der Waals surface area contributed by atoms with Gasteiger partial charge in [-0.15, -0.1) is 11.3 Å². The number of aromatic hydroxyl groups is 1. The standard InChI is InChI=1S/C24H28F3NO7S/c1-14(6-4-5-10-28-23(32)33-3)18-13-17(29)20(22(31)35-18)21(30)15(2)12-16-7-8-19(36-16)34-11-9-24(25,26)27/h5,7-8,10,13-15,29H,4,6,9,11-12H2,1-3H3,(H,28,32)/b10-5+. The number of hydrogen-bond donors (Lipinski definition) is 2. The van der Waals surface area contributed by atoms with Gasteiger partial charge in [-0.1, -0.05) is 19.9 Å². The highest BCUT2D eigenvalue weighted by Crippen LogP contribution is 2.30. The Kier molecular flexibility index (Phi) is 10.6. The highest BCUT2D eigenvalue weighted by molar-refractivity contribution is 7.13. The first-order chi connectivity index (χ1) is 16.9. The van der Waals surface area contributed by atoms with Crippen molar-refractivity contribution in [2.24, 2.45) is 5.92 Å². The predicted octanol–water partition coefficient (Wildman–Crippen LogP) is 5.55. The average molecular weight is 532 g/mol. The third-order valence-corrected chi connectivity index (χ3v) is 6.19. The second kappa shape index (κ2) is 13.1. The Morgan fingerprint density at radius 1 is 1.28 bits per heavy atom. The van der Waals surface area contributed by atoms with E-state index in [0.717, 1.165) is 11.3 Å². The molecule has 2 atom stereocenters. The van der Waals surface area contributed by atoms with Crippen molar-refractivity contribution < 1.29 is 41.8 Å². The van der Waals surface area contributed by atoms with E-state index in [1.807, 2.05) is 0 Å². The van der Waals surface area contributed by atoms with E-state index in [2.05, 4.69) is 10.1 Å². The molecule has 0 saturated carbocycles. The van der Waals surface area contributed by atoms with Crippen molar-refractivity contribution in [3.8, 4) is 10.8 Å². The van der Waals surface area contributed by atoms with Crippen LogP contribution in [0.5, 0.6) is 10.8 Å².